The molecule has 1 aromatic carbocycles. The zero-order valence-corrected chi connectivity index (χ0v) is 13.2. The van der Waals surface area contributed by atoms with Crippen molar-refractivity contribution in [3.8, 4) is 11.8 Å². The lowest BCUT2D eigenvalue weighted by Gasteiger charge is -2.46. The van der Waals surface area contributed by atoms with Crippen LogP contribution in [-0.4, -0.2) is 45.4 Å². The fraction of sp³-hybridized carbons (Fsp3) is 0.529. The number of fused-ring (bicyclic) bond motifs is 1. The Hall–Kier alpha value is -2.10. The van der Waals surface area contributed by atoms with Crippen LogP contribution in [0.5, 0.6) is 5.75 Å². The maximum atomic E-state index is 11.6. The first kappa shape index (κ1) is 15.8. The molecule has 0 radical (unpaired) electrons. The zero-order valence-electron chi connectivity index (χ0n) is 13.2. The molecule has 1 saturated heterocycles. The molecule has 3 rings (SSSR count). The number of ether oxygens (including phenoxy) is 1. The fourth-order valence-corrected chi connectivity index (χ4v) is 3.58. The van der Waals surface area contributed by atoms with Gasteiger partial charge in [-0.15, -0.1) is 0 Å². The minimum absolute atomic E-state index is 0.468. The van der Waals surface area contributed by atoms with Gasteiger partial charge in [-0.2, -0.15) is 5.26 Å². The largest absolute Gasteiger partial charge is 0.485 e. The predicted molar refractivity (Wildman–Crippen MR) is 82.0 cm³/mol. The van der Waals surface area contributed by atoms with E-state index >= 15 is 0 Å². The number of hydrogen-bond donors (Lipinski definition) is 2. The Morgan fingerprint density at radius 2 is 2.22 bits per heavy atom. The van der Waals surface area contributed by atoms with Gasteiger partial charge in [-0.05, 0) is 51.4 Å². The van der Waals surface area contributed by atoms with Crippen molar-refractivity contribution in [2.45, 2.75) is 50.5 Å². The fourth-order valence-electron chi connectivity index (χ4n) is 3.58. The average molecular weight is 316 g/mol. The summed E-state index contributed by atoms with van der Waals surface area (Å²) in [6.45, 7) is 4.18. The van der Waals surface area contributed by atoms with Crippen LogP contribution in [0.1, 0.15) is 43.9 Å². The number of aliphatic hydroxyl groups is 1. The second-order valence-electron chi connectivity index (χ2n) is 6.69. The Kier molecular flexibility index (Phi) is 3.78. The summed E-state index contributed by atoms with van der Waals surface area (Å²) in [5.41, 5.74) is 0.316. The number of rotatable bonds is 2. The van der Waals surface area contributed by atoms with Gasteiger partial charge in [-0.25, -0.2) is 0 Å². The van der Waals surface area contributed by atoms with Crippen molar-refractivity contribution in [1.82, 2.24) is 4.90 Å². The first-order valence-electron chi connectivity index (χ1n) is 7.75. The van der Waals surface area contributed by atoms with Crippen molar-refractivity contribution in [2.24, 2.45) is 0 Å². The highest BCUT2D eigenvalue weighted by atomic mass is 16.5. The van der Waals surface area contributed by atoms with Gasteiger partial charge in [-0.3, -0.25) is 9.69 Å². The molecule has 0 aromatic heterocycles. The minimum atomic E-state index is -0.885. The van der Waals surface area contributed by atoms with Crippen LogP contribution < -0.4 is 4.74 Å². The molecular formula is C17H20N2O4. The molecule has 0 saturated carbocycles. The monoisotopic (exact) mass is 316 g/mol. The molecule has 2 heterocycles. The van der Waals surface area contributed by atoms with Crippen LogP contribution in [0.15, 0.2) is 18.2 Å². The van der Waals surface area contributed by atoms with E-state index in [1.165, 1.54) is 0 Å². The standard InChI is InChI=1S/C17H20N2O4/c1-17(2)15(20)14(19-7-3-4-12(19)16(21)22)11-8-10(9-18)5-6-13(11)23-17/h5-6,8,12,14-15,20H,3-4,7H2,1-2H3,(H,21,22)/t12?,14-,15?/m1/s1. The molecule has 2 aliphatic rings. The lowest BCUT2D eigenvalue weighted by Crippen LogP contribution is -2.55. The van der Waals surface area contributed by atoms with E-state index in [1.54, 1.807) is 32.0 Å². The van der Waals surface area contributed by atoms with Crippen molar-refractivity contribution in [1.29, 1.82) is 5.26 Å². The van der Waals surface area contributed by atoms with E-state index in [9.17, 15) is 15.0 Å². The lowest BCUT2D eigenvalue weighted by atomic mass is 9.84. The number of nitriles is 1. The Bertz CT molecular complexity index is 680. The molecule has 23 heavy (non-hydrogen) atoms. The van der Waals surface area contributed by atoms with Gasteiger partial charge < -0.3 is 14.9 Å². The molecule has 1 fully saturated rings. The third-order valence-electron chi connectivity index (χ3n) is 4.78. The third-order valence-corrected chi connectivity index (χ3v) is 4.78. The SMILES string of the molecule is CC1(C)Oc2ccc(C#N)cc2[C@@H](N2CCCC2C(=O)O)C1O. The molecule has 6 heteroatoms. The van der Waals surface area contributed by atoms with E-state index in [0.29, 0.717) is 29.8 Å². The molecule has 2 unspecified atom stereocenters. The number of carboxylic acids is 1. The van der Waals surface area contributed by atoms with Crippen LogP contribution in [-0.2, 0) is 4.79 Å². The molecule has 0 spiro atoms. The maximum absolute atomic E-state index is 11.6. The van der Waals surface area contributed by atoms with E-state index in [0.717, 1.165) is 6.42 Å². The number of benzene rings is 1. The van der Waals surface area contributed by atoms with Gasteiger partial charge in [-0.1, -0.05) is 0 Å². The van der Waals surface area contributed by atoms with Crippen LogP contribution in [0.3, 0.4) is 0 Å². The van der Waals surface area contributed by atoms with E-state index in [-0.39, 0.29) is 0 Å². The Morgan fingerprint density at radius 1 is 1.48 bits per heavy atom. The van der Waals surface area contributed by atoms with Gasteiger partial charge in [0.05, 0.1) is 17.7 Å². The molecule has 0 bridgehead atoms. The summed E-state index contributed by atoms with van der Waals surface area (Å²) in [5.74, 6) is -0.280. The van der Waals surface area contributed by atoms with Crippen LogP contribution in [0, 0.1) is 11.3 Å². The summed E-state index contributed by atoms with van der Waals surface area (Å²) in [6.07, 6.45) is 0.450. The topological polar surface area (TPSA) is 93.8 Å². The highest BCUT2D eigenvalue weighted by Gasteiger charge is 2.49. The number of hydrogen-bond acceptors (Lipinski definition) is 5. The van der Waals surface area contributed by atoms with Gasteiger partial charge in [0.25, 0.3) is 0 Å². The number of aliphatic hydroxyl groups excluding tert-OH is 1. The van der Waals surface area contributed by atoms with Crippen LogP contribution in [0.2, 0.25) is 0 Å². The highest BCUT2D eigenvalue weighted by molar-refractivity contribution is 5.74. The normalized spacial score (nSPS) is 29.4. The number of carboxylic acid groups (broad SMARTS) is 1. The maximum Gasteiger partial charge on any atom is 0.320 e. The van der Waals surface area contributed by atoms with Gasteiger partial charge in [0.15, 0.2) is 0 Å². The quantitative estimate of drug-likeness (QED) is 0.862. The van der Waals surface area contributed by atoms with Crippen LogP contribution in [0.25, 0.3) is 0 Å². The second-order valence-corrected chi connectivity index (χ2v) is 6.69. The second kappa shape index (κ2) is 5.52. The van der Waals surface area contributed by atoms with E-state index in [2.05, 4.69) is 6.07 Å². The molecule has 122 valence electrons. The summed E-state index contributed by atoms with van der Waals surface area (Å²) >= 11 is 0. The molecule has 0 amide bonds. The molecule has 3 atom stereocenters. The van der Waals surface area contributed by atoms with Gasteiger partial charge >= 0.3 is 5.97 Å². The average Bonchev–Trinajstić information content (AvgIpc) is 2.97. The Balaban J connectivity index is 2.11. The van der Waals surface area contributed by atoms with E-state index in [1.807, 2.05) is 4.90 Å². The van der Waals surface area contributed by atoms with Crippen LogP contribution >= 0.6 is 0 Å². The molecule has 2 N–H and O–H groups in total. The zero-order chi connectivity index (χ0) is 16.8. The summed E-state index contributed by atoms with van der Waals surface area (Å²) in [5, 5.41) is 29.4. The number of nitrogens with zero attached hydrogens (tertiary/aromatic N) is 2. The predicted octanol–water partition coefficient (Wildman–Crippen LogP) is 1.68. The van der Waals surface area contributed by atoms with Crippen molar-refractivity contribution in [3.63, 3.8) is 0 Å². The Morgan fingerprint density at radius 3 is 2.87 bits per heavy atom. The third kappa shape index (κ3) is 2.56. The summed E-state index contributed by atoms with van der Waals surface area (Å²) in [6, 6.07) is 6.05. The Labute approximate surface area is 134 Å². The minimum Gasteiger partial charge on any atom is -0.485 e. The van der Waals surface area contributed by atoms with Gasteiger partial charge in [0.1, 0.15) is 23.5 Å². The molecule has 2 aliphatic heterocycles. The first-order chi connectivity index (χ1) is 10.8. The molecule has 0 aliphatic carbocycles. The van der Waals surface area contributed by atoms with Crippen molar-refractivity contribution >= 4 is 5.97 Å². The van der Waals surface area contributed by atoms with Crippen molar-refractivity contribution in [3.05, 3.63) is 29.3 Å². The van der Waals surface area contributed by atoms with E-state index < -0.39 is 29.8 Å². The molecule has 6 nitrogen and oxygen atoms in total. The lowest BCUT2D eigenvalue weighted by molar-refractivity contribution is -0.147. The van der Waals surface area contributed by atoms with E-state index in [4.69, 9.17) is 10.00 Å². The number of carbonyl (C=O) groups is 1. The molecule has 1 aromatic rings. The highest BCUT2D eigenvalue weighted by Crippen LogP contribution is 2.45. The first-order valence-corrected chi connectivity index (χ1v) is 7.75. The summed E-state index contributed by atoms with van der Waals surface area (Å²) in [7, 11) is 0. The number of aliphatic carboxylic acids is 1. The smallest absolute Gasteiger partial charge is 0.320 e. The van der Waals surface area contributed by atoms with Gasteiger partial charge in [0.2, 0.25) is 0 Å². The summed E-state index contributed by atoms with van der Waals surface area (Å²) in [4.78, 5) is 13.4. The van der Waals surface area contributed by atoms with Gasteiger partial charge in [0, 0.05) is 5.56 Å². The molecular weight excluding hydrogens is 296 g/mol. The van der Waals surface area contributed by atoms with Crippen molar-refractivity contribution < 1.29 is 19.7 Å². The summed E-state index contributed by atoms with van der Waals surface area (Å²) < 4.78 is 5.88. The van der Waals surface area contributed by atoms with Crippen molar-refractivity contribution in [2.75, 3.05) is 6.54 Å². The number of likely N-dealkylation sites (tertiary alicyclic amines) is 1. The van der Waals surface area contributed by atoms with Crippen LogP contribution in [0.4, 0.5) is 0 Å².